The Kier molecular flexibility index (Phi) is 9.49. The summed E-state index contributed by atoms with van der Waals surface area (Å²) < 4.78 is 25.4. The predicted octanol–water partition coefficient (Wildman–Crippen LogP) is 3.87. The summed E-state index contributed by atoms with van der Waals surface area (Å²) in [5.74, 6) is 0.564. The Balaban J connectivity index is 1.38. The number of rotatable bonds is 3. The average molecular weight is 591 g/mol. The van der Waals surface area contributed by atoms with Gasteiger partial charge in [0.1, 0.15) is 5.82 Å². The summed E-state index contributed by atoms with van der Waals surface area (Å²) in [5.41, 5.74) is 2.25. The fraction of sp³-hybridized carbons (Fsp3) is 0.515. The first-order valence-electron chi connectivity index (χ1n) is 15.1. The summed E-state index contributed by atoms with van der Waals surface area (Å²) in [5, 5.41) is 12.3. The molecule has 228 valence electrons. The van der Waals surface area contributed by atoms with Crippen LogP contribution >= 0.6 is 0 Å². The van der Waals surface area contributed by atoms with Crippen molar-refractivity contribution in [3.8, 4) is 17.6 Å². The van der Waals surface area contributed by atoms with Gasteiger partial charge in [0, 0.05) is 50.6 Å². The summed E-state index contributed by atoms with van der Waals surface area (Å²) >= 11 is 0. The molecule has 0 aliphatic carbocycles. The van der Waals surface area contributed by atoms with Gasteiger partial charge >= 0.3 is 0 Å². The van der Waals surface area contributed by atoms with Gasteiger partial charge in [0.2, 0.25) is 11.8 Å². The Labute approximate surface area is 251 Å². The smallest absolute Gasteiger partial charge is 0.254 e. The first kappa shape index (κ1) is 30.3. The van der Waals surface area contributed by atoms with E-state index in [-0.39, 0.29) is 46.7 Å². The molecular weight excluding hydrogens is 551 g/mol. The number of methoxy groups -OCH3 is 2. The standard InChI is InChI=1S/C33H39FN4O5/c1-42-29-15-21-8-9-31(40)38-19-23-13-26(20-37(18-23)33(41)25-12-22(17-35)14-27(34)16-25)28(38)6-3-7-30(39)36-10-4-5-24(11-21)32(29)43-2/h11-12,14-16,23,26,28H,3-10,13,18-20H2,1-2H3,(H,36,39)/t23-,26+,28-/m0/s1. The van der Waals surface area contributed by atoms with Crippen LogP contribution in [-0.4, -0.2) is 74.0 Å². The van der Waals surface area contributed by atoms with Gasteiger partial charge < -0.3 is 24.6 Å². The number of fused-ring (bicyclic) bond motifs is 6. The number of carbonyl (C=O) groups is 3. The molecule has 3 aliphatic heterocycles. The lowest BCUT2D eigenvalue weighted by molar-refractivity contribution is -0.140. The third-order valence-electron chi connectivity index (χ3n) is 8.94. The van der Waals surface area contributed by atoms with E-state index >= 15 is 0 Å². The van der Waals surface area contributed by atoms with Crippen LogP contribution in [0.4, 0.5) is 4.39 Å². The van der Waals surface area contributed by atoms with E-state index in [0.29, 0.717) is 76.2 Å². The van der Waals surface area contributed by atoms with E-state index in [0.717, 1.165) is 30.0 Å². The zero-order chi connectivity index (χ0) is 30.5. The number of likely N-dealkylation sites (tertiary alicyclic amines) is 1. The highest BCUT2D eigenvalue weighted by atomic mass is 19.1. The van der Waals surface area contributed by atoms with E-state index in [4.69, 9.17) is 9.47 Å². The van der Waals surface area contributed by atoms with Gasteiger partial charge in [-0.1, -0.05) is 6.07 Å². The van der Waals surface area contributed by atoms with Crippen molar-refractivity contribution < 1.29 is 28.2 Å². The molecule has 2 aromatic rings. The number of aryl methyl sites for hydroxylation is 2. The molecule has 1 N–H and O–H groups in total. The molecule has 2 aromatic carbocycles. The number of hydrogen-bond donors (Lipinski definition) is 1. The molecule has 9 nitrogen and oxygen atoms in total. The fourth-order valence-corrected chi connectivity index (χ4v) is 7.03. The van der Waals surface area contributed by atoms with Crippen LogP contribution in [0.25, 0.3) is 0 Å². The summed E-state index contributed by atoms with van der Waals surface area (Å²) in [6, 6.07) is 9.52. The molecule has 2 fully saturated rings. The van der Waals surface area contributed by atoms with Gasteiger partial charge in [-0.3, -0.25) is 14.4 Å². The number of benzene rings is 2. The number of amides is 3. The van der Waals surface area contributed by atoms with Crippen LogP contribution in [0.5, 0.6) is 11.5 Å². The molecule has 3 amide bonds. The maximum absolute atomic E-state index is 14.1. The molecule has 0 aromatic heterocycles. The number of piperidine rings is 2. The number of halogens is 1. The van der Waals surface area contributed by atoms with Crippen LogP contribution in [0.15, 0.2) is 30.3 Å². The van der Waals surface area contributed by atoms with Gasteiger partial charge in [0.05, 0.1) is 25.9 Å². The van der Waals surface area contributed by atoms with E-state index < -0.39 is 5.82 Å². The van der Waals surface area contributed by atoms with Crippen molar-refractivity contribution in [2.45, 2.75) is 57.4 Å². The fourth-order valence-electron chi connectivity index (χ4n) is 7.03. The second-order valence-electron chi connectivity index (χ2n) is 11.9. The minimum absolute atomic E-state index is 0.0168. The molecule has 2 saturated heterocycles. The predicted molar refractivity (Wildman–Crippen MR) is 157 cm³/mol. The van der Waals surface area contributed by atoms with Crippen LogP contribution in [-0.2, 0) is 22.4 Å². The topological polar surface area (TPSA) is 112 Å². The molecule has 0 spiro atoms. The van der Waals surface area contributed by atoms with Crippen molar-refractivity contribution >= 4 is 17.7 Å². The van der Waals surface area contributed by atoms with Crippen molar-refractivity contribution in [3.63, 3.8) is 0 Å². The lowest BCUT2D eigenvalue weighted by atomic mass is 9.77. The normalized spacial score (nSPS) is 23.1. The molecule has 3 aliphatic rings. The second-order valence-corrected chi connectivity index (χ2v) is 11.9. The molecule has 3 atom stereocenters. The van der Waals surface area contributed by atoms with Crippen LogP contribution in [0.2, 0.25) is 0 Å². The highest BCUT2D eigenvalue weighted by molar-refractivity contribution is 5.94. The highest BCUT2D eigenvalue weighted by Crippen LogP contribution is 2.37. The van der Waals surface area contributed by atoms with Gasteiger partial charge in [0.15, 0.2) is 11.5 Å². The van der Waals surface area contributed by atoms with Crippen molar-refractivity contribution in [1.82, 2.24) is 15.1 Å². The first-order chi connectivity index (χ1) is 20.8. The lowest BCUT2D eigenvalue weighted by Crippen LogP contribution is -2.60. The highest BCUT2D eigenvalue weighted by Gasteiger charge is 2.43. The number of ether oxygens (including phenoxy) is 2. The maximum Gasteiger partial charge on any atom is 0.254 e. The Bertz CT molecular complexity index is 1420. The third kappa shape index (κ3) is 6.93. The van der Waals surface area contributed by atoms with Crippen LogP contribution in [0, 0.1) is 29.0 Å². The Morgan fingerprint density at radius 3 is 2.60 bits per heavy atom. The number of nitrogens with one attached hydrogen (secondary N) is 1. The second kappa shape index (κ2) is 13.4. The van der Waals surface area contributed by atoms with E-state index in [1.807, 2.05) is 17.0 Å². The van der Waals surface area contributed by atoms with Crippen LogP contribution in [0.1, 0.15) is 65.6 Å². The number of nitriles is 1. The summed E-state index contributed by atoms with van der Waals surface area (Å²) in [7, 11) is 3.21. The molecule has 0 unspecified atom stereocenters. The van der Waals surface area contributed by atoms with E-state index in [1.165, 1.54) is 12.1 Å². The average Bonchev–Trinajstić information content (AvgIpc) is 3.01. The van der Waals surface area contributed by atoms with E-state index in [9.17, 15) is 24.0 Å². The minimum Gasteiger partial charge on any atom is -0.493 e. The number of carbonyl (C=O) groups excluding carboxylic acids is 3. The Morgan fingerprint density at radius 1 is 1.00 bits per heavy atom. The SMILES string of the molecule is COc1cc2cc(c1OC)CCCNC(=O)CCC[C@H]1[C@@H]3C[C@@H](CN(C(=O)c4cc(F)cc(C#N)c4)C3)CN1C(=O)CC2. The van der Waals surface area contributed by atoms with Gasteiger partial charge in [-0.15, -0.1) is 0 Å². The first-order valence-corrected chi connectivity index (χ1v) is 15.1. The van der Waals surface area contributed by atoms with E-state index in [2.05, 4.69) is 11.4 Å². The summed E-state index contributed by atoms with van der Waals surface area (Å²) in [6.45, 7) is 1.98. The molecule has 3 heterocycles. The van der Waals surface area contributed by atoms with Crippen LogP contribution in [0.3, 0.4) is 0 Å². The van der Waals surface area contributed by atoms with Crippen molar-refractivity contribution in [1.29, 1.82) is 5.26 Å². The zero-order valence-corrected chi connectivity index (χ0v) is 24.9. The monoisotopic (exact) mass is 590 g/mol. The van der Waals surface area contributed by atoms with Gasteiger partial charge in [0.25, 0.3) is 5.91 Å². The molecule has 4 bridgehead atoms. The molecular formula is C33H39FN4O5. The summed E-state index contributed by atoms with van der Waals surface area (Å²) in [4.78, 5) is 43.6. The molecule has 43 heavy (non-hydrogen) atoms. The van der Waals surface area contributed by atoms with Crippen molar-refractivity contribution in [2.75, 3.05) is 40.4 Å². The van der Waals surface area contributed by atoms with Crippen molar-refractivity contribution in [3.05, 3.63) is 58.4 Å². The number of hydrogen-bond acceptors (Lipinski definition) is 6. The minimum atomic E-state index is -0.617. The van der Waals surface area contributed by atoms with Gasteiger partial charge in [-0.25, -0.2) is 4.39 Å². The quantitative estimate of drug-likeness (QED) is 0.581. The molecule has 0 saturated carbocycles. The zero-order valence-electron chi connectivity index (χ0n) is 24.9. The lowest BCUT2D eigenvalue weighted by Gasteiger charge is -2.51. The van der Waals surface area contributed by atoms with Crippen molar-refractivity contribution in [2.24, 2.45) is 11.8 Å². The Morgan fingerprint density at radius 2 is 1.84 bits per heavy atom. The molecule has 0 radical (unpaired) electrons. The maximum atomic E-state index is 14.1. The Hall–Kier alpha value is -4.13. The third-order valence-corrected chi connectivity index (χ3v) is 8.94. The van der Waals surface area contributed by atoms with Gasteiger partial charge in [-0.2, -0.15) is 5.26 Å². The summed E-state index contributed by atoms with van der Waals surface area (Å²) in [6.07, 6.45) is 4.91. The largest absolute Gasteiger partial charge is 0.493 e. The number of nitrogens with zero attached hydrogens (tertiary/aromatic N) is 3. The van der Waals surface area contributed by atoms with Crippen LogP contribution < -0.4 is 14.8 Å². The molecule has 10 heteroatoms. The molecule has 5 rings (SSSR count). The van der Waals surface area contributed by atoms with Gasteiger partial charge in [-0.05, 0) is 85.8 Å². The van der Waals surface area contributed by atoms with E-state index in [1.54, 1.807) is 19.1 Å².